The molecule has 0 amide bonds. The molecule has 0 radical (unpaired) electrons. The van der Waals surface area contributed by atoms with Crippen LogP contribution in [0.25, 0.3) is 0 Å². The molecule has 2 aromatic carbocycles. The first-order chi connectivity index (χ1) is 12.7. The Balaban J connectivity index is 1.47. The number of Topliss-reactive ketones (excluding diaryl/α,β-unsaturated/α-hetero) is 1. The van der Waals surface area contributed by atoms with E-state index in [1.807, 2.05) is 59.4 Å². The third kappa shape index (κ3) is 3.49. The summed E-state index contributed by atoms with van der Waals surface area (Å²) in [5.41, 5.74) is 4.13. The van der Waals surface area contributed by atoms with Crippen LogP contribution in [0, 0.1) is 0 Å². The zero-order valence-electron chi connectivity index (χ0n) is 14.4. The van der Waals surface area contributed by atoms with Crippen LogP contribution in [0.15, 0.2) is 73.1 Å². The minimum Gasteiger partial charge on any atom is -0.381 e. The van der Waals surface area contributed by atoms with E-state index in [-0.39, 0.29) is 11.8 Å². The molecule has 4 rings (SSSR count). The SMILES string of the molecule is O=C1c2ccc(Cl)cc2CCC1[n+]1ccc(NCc2ccccc2)cc1. The van der Waals surface area contributed by atoms with E-state index in [0.29, 0.717) is 5.02 Å². The van der Waals surface area contributed by atoms with Crippen molar-refractivity contribution in [2.75, 3.05) is 5.32 Å². The van der Waals surface area contributed by atoms with Crippen LogP contribution in [0.2, 0.25) is 5.02 Å². The van der Waals surface area contributed by atoms with Crippen LogP contribution < -0.4 is 9.88 Å². The monoisotopic (exact) mass is 363 g/mol. The summed E-state index contributed by atoms with van der Waals surface area (Å²) in [5.74, 6) is 0.165. The van der Waals surface area contributed by atoms with Gasteiger partial charge < -0.3 is 5.32 Å². The third-order valence-electron chi connectivity index (χ3n) is 4.87. The van der Waals surface area contributed by atoms with Crippen molar-refractivity contribution in [3.05, 3.63) is 94.8 Å². The molecule has 1 aliphatic rings. The van der Waals surface area contributed by atoms with Crippen molar-refractivity contribution >= 4 is 23.1 Å². The number of aromatic nitrogens is 1. The van der Waals surface area contributed by atoms with Crippen LogP contribution in [0.4, 0.5) is 5.69 Å². The molecule has 1 unspecified atom stereocenters. The number of halogens is 1. The van der Waals surface area contributed by atoms with E-state index in [1.54, 1.807) is 6.07 Å². The fourth-order valence-corrected chi connectivity index (χ4v) is 3.66. The second kappa shape index (κ2) is 7.30. The minimum absolute atomic E-state index is 0.146. The first-order valence-corrected chi connectivity index (χ1v) is 9.20. The van der Waals surface area contributed by atoms with Gasteiger partial charge in [-0.05, 0) is 35.7 Å². The van der Waals surface area contributed by atoms with E-state index in [2.05, 4.69) is 17.4 Å². The van der Waals surface area contributed by atoms with E-state index in [4.69, 9.17) is 11.6 Å². The highest BCUT2D eigenvalue weighted by Crippen LogP contribution is 2.28. The van der Waals surface area contributed by atoms with Crippen molar-refractivity contribution in [3.63, 3.8) is 0 Å². The molecule has 1 aliphatic carbocycles. The van der Waals surface area contributed by atoms with Gasteiger partial charge in [0.15, 0.2) is 12.4 Å². The topological polar surface area (TPSA) is 33.0 Å². The van der Waals surface area contributed by atoms with E-state index in [0.717, 1.165) is 36.2 Å². The van der Waals surface area contributed by atoms with Crippen LogP contribution in [-0.2, 0) is 13.0 Å². The number of benzene rings is 2. The highest BCUT2D eigenvalue weighted by molar-refractivity contribution is 6.30. The van der Waals surface area contributed by atoms with Gasteiger partial charge in [-0.2, -0.15) is 4.57 Å². The molecule has 1 atom stereocenters. The molecule has 0 fully saturated rings. The predicted molar refractivity (Wildman–Crippen MR) is 104 cm³/mol. The first kappa shape index (κ1) is 16.8. The van der Waals surface area contributed by atoms with Crippen molar-refractivity contribution in [1.29, 1.82) is 0 Å². The van der Waals surface area contributed by atoms with Gasteiger partial charge in [0, 0.05) is 41.4 Å². The number of aryl methyl sites for hydroxylation is 1. The number of pyridine rings is 1. The normalized spacial score (nSPS) is 16.2. The Morgan fingerprint density at radius 3 is 2.58 bits per heavy atom. The summed E-state index contributed by atoms with van der Waals surface area (Å²) in [5, 5.41) is 4.10. The Labute approximate surface area is 158 Å². The molecule has 0 bridgehead atoms. The van der Waals surface area contributed by atoms with Crippen LogP contribution in [0.1, 0.15) is 33.9 Å². The van der Waals surface area contributed by atoms with E-state index < -0.39 is 0 Å². The lowest BCUT2D eigenvalue weighted by molar-refractivity contribution is -0.708. The molecule has 3 nitrogen and oxygen atoms in total. The summed E-state index contributed by atoms with van der Waals surface area (Å²) < 4.78 is 2.01. The van der Waals surface area contributed by atoms with Gasteiger partial charge in [0.2, 0.25) is 11.8 Å². The van der Waals surface area contributed by atoms with Gasteiger partial charge in [-0.3, -0.25) is 4.79 Å². The number of carbonyl (C=O) groups is 1. The molecule has 1 aromatic heterocycles. The average Bonchev–Trinajstić information content (AvgIpc) is 2.68. The van der Waals surface area contributed by atoms with Crippen LogP contribution >= 0.6 is 11.6 Å². The average molecular weight is 364 g/mol. The zero-order chi connectivity index (χ0) is 17.9. The molecule has 1 heterocycles. The van der Waals surface area contributed by atoms with Crippen molar-refractivity contribution in [3.8, 4) is 0 Å². The maximum atomic E-state index is 12.8. The molecule has 0 saturated carbocycles. The van der Waals surface area contributed by atoms with Gasteiger partial charge in [0.05, 0.1) is 0 Å². The summed E-state index contributed by atoms with van der Waals surface area (Å²) in [6.45, 7) is 0.779. The largest absolute Gasteiger partial charge is 0.381 e. The molecule has 0 aliphatic heterocycles. The number of nitrogens with zero attached hydrogens (tertiary/aromatic N) is 1. The lowest BCUT2D eigenvalue weighted by Gasteiger charge is -2.20. The third-order valence-corrected chi connectivity index (χ3v) is 5.11. The standard InChI is InChI=1S/C22H19ClN2O/c23-18-7-8-20-17(14-18)6-9-21(22(20)26)25-12-10-19(11-13-25)24-15-16-4-2-1-3-5-16/h1-5,7-8,10-14,21H,6,9,15H2/p+1. The van der Waals surface area contributed by atoms with Crippen molar-refractivity contribution in [2.45, 2.75) is 25.4 Å². The Kier molecular flexibility index (Phi) is 4.72. The Morgan fingerprint density at radius 2 is 1.81 bits per heavy atom. The Hall–Kier alpha value is -2.65. The van der Waals surface area contributed by atoms with E-state index in [1.165, 1.54) is 5.56 Å². The maximum Gasteiger partial charge on any atom is 0.230 e. The summed E-state index contributed by atoms with van der Waals surface area (Å²) in [7, 11) is 0. The maximum absolute atomic E-state index is 12.8. The number of fused-ring (bicyclic) bond motifs is 1. The summed E-state index contributed by atoms with van der Waals surface area (Å²) >= 11 is 6.05. The number of anilines is 1. The molecular weight excluding hydrogens is 344 g/mol. The molecule has 0 saturated heterocycles. The van der Waals surface area contributed by atoms with Gasteiger partial charge in [-0.15, -0.1) is 0 Å². The second-order valence-electron chi connectivity index (χ2n) is 6.59. The number of hydrogen-bond acceptors (Lipinski definition) is 2. The fraction of sp³-hybridized carbons (Fsp3) is 0.182. The van der Waals surface area contributed by atoms with Crippen molar-refractivity contribution < 1.29 is 9.36 Å². The van der Waals surface area contributed by atoms with Gasteiger partial charge in [-0.1, -0.05) is 41.9 Å². The number of hydrogen-bond donors (Lipinski definition) is 1. The Bertz CT molecular complexity index is 923. The number of ketones is 1. The molecule has 4 heteroatoms. The van der Waals surface area contributed by atoms with E-state index in [9.17, 15) is 4.79 Å². The first-order valence-electron chi connectivity index (χ1n) is 8.82. The lowest BCUT2D eigenvalue weighted by atomic mass is 9.87. The minimum atomic E-state index is -0.146. The van der Waals surface area contributed by atoms with Crippen LogP contribution in [0.3, 0.4) is 0 Å². The Morgan fingerprint density at radius 1 is 1.04 bits per heavy atom. The van der Waals surface area contributed by atoms with Gasteiger partial charge >= 0.3 is 0 Å². The second-order valence-corrected chi connectivity index (χ2v) is 7.03. The predicted octanol–water partition coefficient (Wildman–Crippen LogP) is 4.61. The molecule has 130 valence electrons. The number of nitrogens with one attached hydrogen (secondary N) is 1. The fourth-order valence-electron chi connectivity index (χ4n) is 3.46. The van der Waals surface area contributed by atoms with Crippen molar-refractivity contribution in [2.24, 2.45) is 0 Å². The van der Waals surface area contributed by atoms with E-state index >= 15 is 0 Å². The quantitative estimate of drug-likeness (QED) is 0.686. The van der Waals surface area contributed by atoms with Gasteiger partial charge in [-0.25, -0.2) is 0 Å². The summed E-state index contributed by atoms with van der Waals surface area (Å²) in [6.07, 6.45) is 5.63. The lowest BCUT2D eigenvalue weighted by Crippen LogP contribution is -2.45. The molecule has 3 aromatic rings. The van der Waals surface area contributed by atoms with Gasteiger partial charge in [0.1, 0.15) is 0 Å². The number of rotatable bonds is 4. The smallest absolute Gasteiger partial charge is 0.230 e. The molecule has 1 N–H and O–H groups in total. The number of carbonyl (C=O) groups excluding carboxylic acids is 1. The van der Waals surface area contributed by atoms with Crippen LogP contribution in [0.5, 0.6) is 0 Å². The molecule has 0 spiro atoms. The highest BCUT2D eigenvalue weighted by atomic mass is 35.5. The van der Waals surface area contributed by atoms with Gasteiger partial charge in [0.25, 0.3) is 0 Å². The molecule has 26 heavy (non-hydrogen) atoms. The molecular formula is C22H20ClN2O+. The summed E-state index contributed by atoms with van der Waals surface area (Å²) in [4.78, 5) is 12.8. The zero-order valence-corrected chi connectivity index (χ0v) is 15.1. The summed E-state index contributed by atoms with van der Waals surface area (Å²) in [6, 6.07) is 19.7. The van der Waals surface area contributed by atoms with Crippen LogP contribution in [-0.4, -0.2) is 5.78 Å². The highest BCUT2D eigenvalue weighted by Gasteiger charge is 2.33. The van der Waals surface area contributed by atoms with Crippen molar-refractivity contribution in [1.82, 2.24) is 0 Å².